The van der Waals surface area contributed by atoms with E-state index in [-0.39, 0.29) is 0 Å². The molecule has 7 nitrogen and oxygen atoms in total. The number of halogens is 1. The number of rotatable bonds is 7. The van der Waals surface area contributed by atoms with Gasteiger partial charge in [-0.25, -0.2) is 9.78 Å². The Labute approximate surface area is 118 Å². The molecule has 104 valence electrons. The Kier molecular flexibility index (Phi) is 6.07. The number of anilines is 1. The largest absolute Gasteiger partial charge is 0.450 e. The van der Waals surface area contributed by atoms with Crippen LogP contribution in [0.2, 0.25) is 0 Å². The number of carbonyl (C=O) groups is 2. The van der Waals surface area contributed by atoms with Gasteiger partial charge in [-0.2, -0.15) is 0 Å². The molecule has 0 saturated carbocycles. The zero-order valence-corrected chi connectivity index (χ0v) is 11.8. The molecule has 1 heterocycles. The second-order valence-corrected chi connectivity index (χ2v) is 4.57. The number of hydrogen-bond donors (Lipinski definition) is 3. The first-order chi connectivity index (χ1) is 9.00. The van der Waals surface area contributed by atoms with Crippen LogP contribution in [0.4, 0.5) is 10.6 Å². The molecular weight excluding hydrogens is 316 g/mol. The van der Waals surface area contributed by atoms with Gasteiger partial charge in [-0.1, -0.05) is 0 Å². The Morgan fingerprint density at radius 3 is 2.68 bits per heavy atom. The van der Waals surface area contributed by atoms with Gasteiger partial charge in [0, 0.05) is 12.7 Å². The Balaban J connectivity index is 2.33. The molecule has 0 aliphatic rings. The van der Waals surface area contributed by atoms with Crippen LogP contribution in [0.25, 0.3) is 0 Å². The van der Waals surface area contributed by atoms with Crippen LogP contribution in [0.15, 0.2) is 16.7 Å². The fraction of sp³-hybridized carbons (Fsp3) is 0.364. The van der Waals surface area contributed by atoms with E-state index in [2.05, 4.69) is 31.0 Å². The molecule has 0 saturated heterocycles. The summed E-state index contributed by atoms with van der Waals surface area (Å²) < 4.78 is 5.26. The number of nitrogens with zero attached hydrogens (tertiary/aromatic N) is 1. The SMILES string of the molecule is NC(=O)OCCCCNc1ncc(C(N)=O)cc1Br. The number of hydrogen-bond acceptors (Lipinski definition) is 5. The minimum absolute atomic E-state index is 0.298. The van der Waals surface area contributed by atoms with Crippen molar-refractivity contribution in [2.24, 2.45) is 11.5 Å². The average Bonchev–Trinajstić information content (AvgIpc) is 2.34. The number of pyridine rings is 1. The summed E-state index contributed by atoms with van der Waals surface area (Å²) in [5.74, 6) is 0.101. The summed E-state index contributed by atoms with van der Waals surface area (Å²) in [5.41, 5.74) is 10.3. The van der Waals surface area contributed by atoms with E-state index < -0.39 is 12.0 Å². The number of nitrogens with one attached hydrogen (secondary N) is 1. The molecule has 1 aromatic rings. The van der Waals surface area contributed by atoms with E-state index in [1.54, 1.807) is 6.07 Å². The minimum atomic E-state index is -0.764. The fourth-order valence-electron chi connectivity index (χ4n) is 1.31. The zero-order chi connectivity index (χ0) is 14.3. The van der Waals surface area contributed by atoms with Gasteiger partial charge < -0.3 is 21.5 Å². The third-order valence-corrected chi connectivity index (χ3v) is 2.84. The van der Waals surface area contributed by atoms with E-state index in [0.29, 0.717) is 35.4 Å². The predicted molar refractivity (Wildman–Crippen MR) is 73.7 cm³/mol. The maximum atomic E-state index is 10.9. The summed E-state index contributed by atoms with van der Waals surface area (Å²) in [7, 11) is 0. The van der Waals surface area contributed by atoms with Gasteiger partial charge in [0.15, 0.2) is 0 Å². The molecule has 0 radical (unpaired) electrons. The number of aromatic nitrogens is 1. The molecule has 0 fully saturated rings. The lowest BCUT2D eigenvalue weighted by molar-refractivity contribution is 0.1000. The summed E-state index contributed by atoms with van der Waals surface area (Å²) in [6, 6.07) is 1.61. The average molecular weight is 331 g/mol. The number of carbonyl (C=O) groups excluding carboxylic acids is 2. The second kappa shape index (κ2) is 7.57. The first-order valence-electron chi connectivity index (χ1n) is 5.62. The third kappa shape index (κ3) is 5.56. The predicted octanol–water partition coefficient (Wildman–Crippen LogP) is 1.23. The summed E-state index contributed by atoms with van der Waals surface area (Å²) >= 11 is 3.30. The number of ether oxygens (including phenoxy) is 1. The summed E-state index contributed by atoms with van der Waals surface area (Å²) in [6.07, 6.45) is 2.14. The van der Waals surface area contributed by atoms with Crippen LogP contribution in [0.5, 0.6) is 0 Å². The fourth-order valence-corrected chi connectivity index (χ4v) is 1.80. The van der Waals surface area contributed by atoms with E-state index in [0.717, 1.165) is 6.42 Å². The van der Waals surface area contributed by atoms with E-state index in [1.165, 1.54) is 6.20 Å². The molecule has 0 aliphatic heterocycles. The lowest BCUT2D eigenvalue weighted by Crippen LogP contribution is -2.14. The van der Waals surface area contributed by atoms with Crippen LogP contribution in [0.3, 0.4) is 0 Å². The van der Waals surface area contributed by atoms with Crippen molar-refractivity contribution in [2.45, 2.75) is 12.8 Å². The Bertz CT molecular complexity index is 467. The van der Waals surface area contributed by atoms with Crippen molar-refractivity contribution >= 4 is 33.7 Å². The van der Waals surface area contributed by atoms with E-state index >= 15 is 0 Å². The summed E-state index contributed by atoms with van der Waals surface area (Å²) in [6.45, 7) is 0.954. The van der Waals surface area contributed by atoms with Crippen molar-refractivity contribution in [3.63, 3.8) is 0 Å². The van der Waals surface area contributed by atoms with Crippen LogP contribution >= 0.6 is 15.9 Å². The smallest absolute Gasteiger partial charge is 0.404 e. The third-order valence-electron chi connectivity index (χ3n) is 2.23. The van der Waals surface area contributed by atoms with Gasteiger partial charge in [0.1, 0.15) is 5.82 Å². The standard InChI is InChI=1S/C11H15BrN4O3/c12-8-5-7(9(13)17)6-16-10(8)15-3-1-2-4-19-11(14)18/h5-6H,1-4H2,(H2,13,17)(H2,14,18)(H,15,16). The lowest BCUT2D eigenvalue weighted by Gasteiger charge is -2.08. The van der Waals surface area contributed by atoms with Gasteiger partial charge in [-0.3, -0.25) is 4.79 Å². The normalized spacial score (nSPS) is 9.95. The first-order valence-corrected chi connectivity index (χ1v) is 6.41. The van der Waals surface area contributed by atoms with Crippen molar-refractivity contribution in [2.75, 3.05) is 18.5 Å². The van der Waals surface area contributed by atoms with Crippen molar-refractivity contribution < 1.29 is 14.3 Å². The molecule has 0 unspecified atom stereocenters. The Morgan fingerprint density at radius 1 is 1.37 bits per heavy atom. The van der Waals surface area contributed by atoms with Gasteiger partial charge >= 0.3 is 6.09 Å². The van der Waals surface area contributed by atoms with Crippen LogP contribution in [0, 0.1) is 0 Å². The van der Waals surface area contributed by atoms with Gasteiger partial charge in [-0.05, 0) is 34.8 Å². The van der Waals surface area contributed by atoms with Gasteiger partial charge in [0.25, 0.3) is 0 Å². The van der Waals surface area contributed by atoms with Crippen LogP contribution in [-0.4, -0.2) is 30.1 Å². The molecule has 1 aromatic heterocycles. The van der Waals surface area contributed by atoms with Gasteiger partial charge in [-0.15, -0.1) is 0 Å². The first kappa shape index (κ1) is 15.2. The van der Waals surface area contributed by atoms with Crippen LogP contribution in [0.1, 0.15) is 23.2 Å². The maximum absolute atomic E-state index is 10.9. The van der Waals surface area contributed by atoms with E-state index in [9.17, 15) is 9.59 Å². The lowest BCUT2D eigenvalue weighted by atomic mass is 10.2. The molecular formula is C11H15BrN4O3. The molecule has 0 spiro atoms. The zero-order valence-electron chi connectivity index (χ0n) is 10.2. The Hall–Kier alpha value is -1.83. The Morgan fingerprint density at radius 2 is 2.11 bits per heavy atom. The molecule has 19 heavy (non-hydrogen) atoms. The number of nitrogens with two attached hydrogens (primary N) is 2. The maximum Gasteiger partial charge on any atom is 0.404 e. The van der Waals surface area contributed by atoms with Gasteiger partial charge in [0.2, 0.25) is 5.91 Å². The van der Waals surface area contributed by atoms with Crippen molar-refractivity contribution in [1.82, 2.24) is 4.98 Å². The molecule has 1 rings (SSSR count). The monoisotopic (exact) mass is 330 g/mol. The topological polar surface area (TPSA) is 120 Å². The highest BCUT2D eigenvalue weighted by molar-refractivity contribution is 9.10. The van der Waals surface area contributed by atoms with Crippen LogP contribution < -0.4 is 16.8 Å². The van der Waals surface area contributed by atoms with Gasteiger partial charge in [0.05, 0.1) is 16.6 Å². The number of unbranched alkanes of at least 4 members (excludes halogenated alkanes) is 1. The molecule has 0 atom stereocenters. The highest BCUT2D eigenvalue weighted by atomic mass is 79.9. The minimum Gasteiger partial charge on any atom is -0.450 e. The molecule has 0 aromatic carbocycles. The summed E-state index contributed by atoms with van der Waals surface area (Å²) in [5, 5.41) is 3.09. The molecule has 0 aliphatic carbocycles. The van der Waals surface area contributed by atoms with Crippen molar-refractivity contribution in [1.29, 1.82) is 0 Å². The van der Waals surface area contributed by atoms with Crippen LogP contribution in [-0.2, 0) is 4.74 Å². The highest BCUT2D eigenvalue weighted by Gasteiger charge is 2.06. The number of amides is 2. The quantitative estimate of drug-likeness (QED) is 0.649. The molecule has 8 heteroatoms. The van der Waals surface area contributed by atoms with Crippen molar-refractivity contribution in [3.05, 3.63) is 22.3 Å². The summed E-state index contributed by atoms with van der Waals surface area (Å²) in [4.78, 5) is 25.3. The van der Waals surface area contributed by atoms with Crippen molar-refractivity contribution in [3.8, 4) is 0 Å². The second-order valence-electron chi connectivity index (χ2n) is 3.72. The molecule has 2 amide bonds. The van der Waals surface area contributed by atoms with E-state index in [1.807, 2.05) is 0 Å². The van der Waals surface area contributed by atoms with E-state index in [4.69, 9.17) is 11.5 Å². The molecule has 0 bridgehead atoms. The number of primary amides is 2. The highest BCUT2D eigenvalue weighted by Crippen LogP contribution is 2.20. The molecule has 5 N–H and O–H groups in total.